The van der Waals surface area contributed by atoms with Crippen molar-refractivity contribution >= 4 is 22.8 Å². The van der Waals surface area contributed by atoms with Gasteiger partial charge in [0, 0.05) is 24.0 Å². The lowest BCUT2D eigenvalue weighted by atomic mass is 10.1. The van der Waals surface area contributed by atoms with Gasteiger partial charge in [-0.25, -0.2) is 9.59 Å². The van der Waals surface area contributed by atoms with Crippen LogP contribution in [0.2, 0.25) is 0 Å². The van der Waals surface area contributed by atoms with Gasteiger partial charge in [0.2, 0.25) is 6.10 Å². The smallest absolute Gasteiger partial charge is 0.351 e. The Kier molecular flexibility index (Phi) is 5.42. The summed E-state index contributed by atoms with van der Waals surface area (Å²) in [6.07, 6.45) is 1.83. The molecule has 2 heterocycles. The zero-order chi connectivity index (χ0) is 20.2. The summed E-state index contributed by atoms with van der Waals surface area (Å²) in [5, 5.41) is 0.609. The van der Waals surface area contributed by atoms with Crippen molar-refractivity contribution in [3.05, 3.63) is 82.2 Å². The summed E-state index contributed by atoms with van der Waals surface area (Å²) in [6, 6.07) is 17.2. The standard InChI is InChI=1S/C23H21NO5/c25-21(24-13-7-2-8-14-24)20(16-9-3-1-4-10-16)29-23(27)18-15-17-11-5-6-12-19(17)28-22(18)26/h1,3-6,9-12,15,20H,2,7-8,13-14H2/t20-/m1/s1. The number of hydrogen-bond donors (Lipinski definition) is 0. The number of ether oxygens (including phenoxy) is 1. The molecule has 0 radical (unpaired) electrons. The van der Waals surface area contributed by atoms with Gasteiger partial charge in [-0.1, -0.05) is 48.5 Å². The summed E-state index contributed by atoms with van der Waals surface area (Å²) in [7, 11) is 0. The number of carbonyl (C=O) groups excluding carboxylic acids is 2. The molecule has 0 saturated carbocycles. The minimum atomic E-state index is -1.10. The van der Waals surface area contributed by atoms with Gasteiger partial charge < -0.3 is 14.1 Å². The second-order valence-corrected chi connectivity index (χ2v) is 7.07. The lowest BCUT2D eigenvalue weighted by molar-refractivity contribution is -0.142. The molecule has 1 saturated heterocycles. The number of likely N-dealkylation sites (tertiary alicyclic amines) is 1. The zero-order valence-electron chi connectivity index (χ0n) is 15.9. The molecule has 0 spiro atoms. The molecule has 1 aliphatic heterocycles. The quantitative estimate of drug-likeness (QED) is 0.501. The van der Waals surface area contributed by atoms with Crippen molar-refractivity contribution in [2.24, 2.45) is 0 Å². The summed E-state index contributed by atoms with van der Waals surface area (Å²) in [4.78, 5) is 40.0. The summed E-state index contributed by atoms with van der Waals surface area (Å²) < 4.78 is 10.8. The van der Waals surface area contributed by atoms with E-state index in [2.05, 4.69) is 0 Å². The maximum atomic E-state index is 13.1. The topological polar surface area (TPSA) is 76.8 Å². The number of rotatable bonds is 4. The highest BCUT2D eigenvalue weighted by Gasteiger charge is 2.31. The van der Waals surface area contributed by atoms with E-state index in [4.69, 9.17) is 9.15 Å². The van der Waals surface area contributed by atoms with Crippen LogP contribution in [0.25, 0.3) is 11.0 Å². The Balaban J connectivity index is 1.65. The fourth-order valence-electron chi connectivity index (χ4n) is 3.54. The van der Waals surface area contributed by atoms with Crippen molar-refractivity contribution in [3.8, 4) is 0 Å². The Bertz CT molecular complexity index is 1080. The highest BCUT2D eigenvalue weighted by atomic mass is 16.5. The number of piperidine rings is 1. The monoisotopic (exact) mass is 391 g/mol. The summed E-state index contributed by atoms with van der Waals surface area (Å²) in [6.45, 7) is 1.27. The number of esters is 1. The third-order valence-electron chi connectivity index (χ3n) is 5.08. The van der Waals surface area contributed by atoms with Crippen LogP contribution >= 0.6 is 0 Å². The number of hydrogen-bond acceptors (Lipinski definition) is 5. The van der Waals surface area contributed by atoms with Gasteiger partial charge in [0.1, 0.15) is 11.1 Å². The molecule has 6 heteroatoms. The number of nitrogens with zero attached hydrogens (tertiary/aromatic N) is 1. The number of para-hydroxylation sites is 1. The third kappa shape index (κ3) is 4.06. The fraction of sp³-hybridized carbons (Fsp3) is 0.261. The molecule has 0 bridgehead atoms. The molecular weight excluding hydrogens is 370 g/mol. The van der Waals surface area contributed by atoms with E-state index < -0.39 is 17.7 Å². The highest BCUT2D eigenvalue weighted by molar-refractivity contribution is 5.95. The normalized spacial score (nSPS) is 15.1. The molecule has 3 aromatic rings. The van der Waals surface area contributed by atoms with Crippen LogP contribution < -0.4 is 5.63 Å². The van der Waals surface area contributed by atoms with Crippen molar-refractivity contribution in [1.82, 2.24) is 4.90 Å². The lowest BCUT2D eigenvalue weighted by Crippen LogP contribution is -2.40. The molecule has 2 aromatic carbocycles. The van der Waals surface area contributed by atoms with Crippen molar-refractivity contribution < 1.29 is 18.7 Å². The van der Waals surface area contributed by atoms with E-state index in [9.17, 15) is 14.4 Å². The maximum absolute atomic E-state index is 13.1. The molecule has 1 atom stereocenters. The molecule has 1 aromatic heterocycles. The van der Waals surface area contributed by atoms with E-state index in [1.807, 2.05) is 6.07 Å². The van der Waals surface area contributed by atoms with Gasteiger partial charge in [-0.15, -0.1) is 0 Å². The SMILES string of the molecule is O=C(O[C@@H](C(=O)N1CCCCC1)c1ccccc1)c1cc2ccccc2oc1=O. The Morgan fingerprint density at radius 3 is 2.38 bits per heavy atom. The maximum Gasteiger partial charge on any atom is 0.351 e. The van der Waals surface area contributed by atoms with E-state index in [0.717, 1.165) is 19.3 Å². The molecular formula is C23H21NO5. The van der Waals surface area contributed by atoms with Gasteiger partial charge in [-0.05, 0) is 31.4 Å². The third-order valence-corrected chi connectivity index (χ3v) is 5.08. The van der Waals surface area contributed by atoms with Gasteiger partial charge in [-0.2, -0.15) is 0 Å². The molecule has 0 aliphatic carbocycles. The van der Waals surface area contributed by atoms with Gasteiger partial charge >= 0.3 is 11.6 Å². The van der Waals surface area contributed by atoms with E-state index in [-0.39, 0.29) is 11.5 Å². The second kappa shape index (κ2) is 8.31. The number of fused-ring (bicyclic) bond motifs is 1. The molecule has 0 N–H and O–H groups in total. The molecule has 1 amide bonds. The van der Waals surface area contributed by atoms with E-state index in [1.165, 1.54) is 6.07 Å². The molecule has 148 valence electrons. The van der Waals surface area contributed by atoms with E-state index in [0.29, 0.717) is 29.6 Å². The van der Waals surface area contributed by atoms with Gasteiger partial charge in [-0.3, -0.25) is 4.79 Å². The van der Waals surface area contributed by atoms with Crippen LogP contribution in [0.4, 0.5) is 0 Å². The largest absolute Gasteiger partial charge is 0.443 e. The number of amides is 1. The Hall–Kier alpha value is -3.41. The van der Waals surface area contributed by atoms with Crippen LogP contribution in [0.15, 0.2) is 69.9 Å². The summed E-state index contributed by atoms with van der Waals surface area (Å²) in [5.74, 6) is -1.14. The number of benzene rings is 2. The Morgan fingerprint density at radius 2 is 1.62 bits per heavy atom. The van der Waals surface area contributed by atoms with Crippen LogP contribution in [-0.2, 0) is 9.53 Å². The first-order valence-corrected chi connectivity index (χ1v) is 9.71. The van der Waals surface area contributed by atoms with Crippen molar-refractivity contribution in [1.29, 1.82) is 0 Å². The Labute approximate surface area is 167 Å². The van der Waals surface area contributed by atoms with Gasteiger partial charge in [0.25, 0.3) is 5.91 Å². The Morgan fingerprint density at radius 1 is 0.931 bits per heavy atom. The van der Waals surface area contributed by atoms with Crippen molar-refractivity contribution in [2.75, 3.05) is 13.1 Å². The minimum absolute atomic E-state index is 0.226. The van der Waals surface area contributed by atoms with Gasteiger partial charge in [0.05, 0.1) is 0 Å². The van der Waals surface area contributed by atoms with E-state index in [1.54, 1.807) is 53.4 Å². The highest BCUT2D eigenvalue weighted by Crippen LogP contribution is 2.24. The molecule has 29 heavy (non-hydrogen) atoms. The van der Waals surface area contributed by atoms with Crippen molar-refractivity contribution in [3.63, 3.8) is 0 Å². The predicted molar refractivity (Wildman–Crippen MR) is 108 cm³/mol. The molecule has 1 aliphatic rings. The molecule has 1 fully saturated rings. The molecule has 4 rings (SSSR count). The first-order valence-electron chi connectivity index (χ1n) is 9.71. The first-order chi connectivity index (χ1) is 14.1. The minimum Gasteiger partial charge on any atom is -0.443 e. The second-order valence-electron chi connectivity index (χ2n) is 7.07. The predicted octanol–water partition coefficient (Wildman–Crippen LogP) is 3.70. The average molecular weight is 391 g/mol. The van der Waals surface area contributed by atoms with Crippen LogP contribution in [-0.4, -0.2) is 29.9 Å². The zero-order valence-corrected chi connectivity index (χ0v) is 15.9. The van der Waals surface area contributed by atoms with Crippen LogP contribution in [0.3, 0.4) is 0 Å². The first kappa shape index (κ1) is 18.9. The molecule has 0 unspecified atom stereocenters. The van der Waals surface area contributed by atoms with Crippen LogP contribution in [0, 0.1) is 0 Å². The summed E-state index contributed by atoms with van der Waals surface area (Å²) in [5.41, 5.74) is -0.0540. The summed E-state index contributed by atoms with van der Waals surface area (Å²) >= 11 is 0. The fourth-order valence-corrected chi connectivity index (χ4v) is 3.54. The van der Waals surface area contributed by atoms with Crippen molar-refractivity contribution in [2.45, 2.75) is 25.4 Å². The average Bonchev–Trinajstić information content (AvgIpc) is 2.77. The van der Waals surface area contributed by atoms with Gasteiger partial charge in [0.15, 0.2) is 0 Å². The van der Waals surface area contributed by atoms with Crippen LogP contribution in [0.5, 0.6) is 0 Å². The molecule has 6 nitrogen and oxygen atoms in total. The lowest BCUT2D eigenvalue weighted by Gasteiger charge is -2.30. The number of carbonyl (C=O) groups is 2. The van der Waals surface area contributed by atoms with Crippen LogP contribution in [0.1, 0.15) is 41.3 Å². The van der Waals surface area contributed by atoms with E-state index >= 15 is 0 Å².